The summed E-state index contributed by atoms with van der Waals surface area (Å²) in [6.07, 6.45) is 1.60. The Morgan fingerprint density at radius 1 is 0.839 bits per heavy atom. The van der Waals surface area contributed by atoms with E-state index in [4.69, 9.17) is 4.74 Å². The van der Waals surface area contributed by atoms with E-state index in [1.165, 1.54) is 0 Å². The lowest BCUT2D eigenvalue weighted by molar-refractivity contribution is -0.136. The van der Waals surface area contributed by atoms with Gasteiger partial charge in [-0.25, -0.2) is 0 Å². The Kier molecular flexibility index (Phi) is 7.31. The summed E-state index contributed by atoms with van der Waals surface area (Å²) in [6.45, 7) is 0.365. The van der Waals surface area contributed by atoms with Crippen LogP contribution in [0.15, 0.2) is 72.9 Å². The first kappa shape index (κ1) is 21.5. The number of rotatable bonds is 7. The molecule has 1 heterocycles. The summed E-state index contributed by atoms with van der Waals surface area (Å²) in [5, 5.41) is 7.79. The Labute approximate surface area is 179 Å². The van der Waals surface area contributed by atoms with Crippen molar-refractivity contribution in [2.75, 3.05) is 12.4 Å². The standard InChI is InChI=1S/C23H22N4O4/c1-31-20-12-5-2-8-16(20)14-25-21(28)18-10-3-4-11-19(18)27-23(30)22(29)26-15-17-9-6-7-13-24-17/h2-13H,14-15H2,1H3,(H,25,28)(H,26,29)(H,27,30). The molecule has 158 valence electrons. The summed E-state index contributed by atoms with van der Waals surface area (Å²) >= 11 is 0. The zero-order chi connectivity index (χ0) is 22.1. The monoisotopic (exact) mass is 418 g/mol. The van der Waals surface area contributed by atoms with Crippen LogP contribution < -0.4 is 20.7 Å². The number of benzene rings is 2. The van der Waals surface area contributed by atoms with Gasteiger partial charge >= 0.3 is 11.8 Å². The molecule has 8 heteroatoms. The number of nitrogens with zero attached hydrogens (tertiary/aromatic N) is 1. The van der Waals surface area contributed by atoms with Gasteiger partial charge in [-0.1, -0.05) is 36.4 Å². The Hall–Kier alpha value is -4.20. The first-order valence-corrected chi connectivity index (χ1v) is 9.56. The minimum Gasteiger partial charge on any atom is -0.496 e. The molecule has 8 nitrogen and oxygen atoms in total. The third-order valence-electron chi connectivity index (χ3n) is 4.41. The molecule has 0 saturated heterocycles. The maximum absolute atomic E-state index is 12.7. The van der Waals surface area contributed by atoms with E-state index in [0.717, 1.165) is 5.56 Å². The first-order chi connectivity index (χ1) is 15.1. The molecule has 0 bridgehead atoms. The maximum atomic E-state index is 12.7. The number of anilines is 1. The van der Waals surface area contributed by atoms with Crippen molar-refractivity contribution in [2.24, 2.45) is 0 Å². The summed E-state index contributed by atoms with van der Waals surface area (Å²) in [5.41, 5.74) is 1.91. The highest BCUT2D eigenvalue weighted by Gasteiger charge is 2.18. The Morgan fingerprint density at radius 2 is 1.58 bits per heavy atom. The van der Waals surface area contributed by atoms with Crippen LogP contribution in [0.2, 0.25) is 0 Å². The van der Waals surface area contributed by atoms with Crippen molar-refractivity contribution < 1.29 is 19.1 Å². The van der Waals surface area contributed by atoms with Crippen LogP contribution >= 0.6 is 0 Å². The number of hydrogen-bond acceptors (Lipinski definition) is 5. The number of nitrogens with one attached hydrogen (secondary N) is 3. The topological polar surface area (TPSA) is 109 Å². The predicted octanol–water partition coefficient (Wildman–Crippen LogP) is 2.28. The number of carbonyl (C=O) groups excluding carboxylic acids is 3. The van der Waals surface area contributed by atoms with Gasteiger partial charge in [0.1, 0.15) is 5.75 Å². The molecule has 31 heavy (non-hydrogen) atoms. The van der Waals surface area contributed by atoms with Crippen LogP contribution in [0.1, 0.15) is 21.6 Å². The van der Waals surface area contributed by atoms with E-state index in [1.807, 2.05) is 18.2 Å². The second kappa shape index (κ2) is 10.5. The number of amides is 3. The molecule has 1 aromatic heterocycles. The third kappa shape index (κ3) is 5.89. The van der Waals surface area contributed by atoms with E-state index < -0.39 is 17.7 Å². The maximum Gasteiger partial charge on any atom is 0.313 e. The molecule has 0 radical (unpaired) electrons. The molecular formula is C23H22N4O4. The fraction of sp³-hybridized carbons (Fsp3) is 0.130. The normalized spacial score (nSPS) is 10.1. The lowest BCUT2D eigenvalue weighted by Gasteiger charge is -2.13. The number of carbonyl (C=O) groups is 3. The van der Waals surface area contributed by atoms with Gasteiger partial charge in [-0.2, -0.15) is 0 Å². The van der Waals surface area contributed by atoms with E-state index >= 15 is 0 Å². The molecule has 0 aliphatic carbocycles. The largest absolute Gasteiger partial charge is 0.496 e. The fourth-order valence-electron chi connectivity index (χ4n) is 2.84. The van der Waals surface area contributed by atoms with Crippen LogP contribution in [0.3, 0.4) is 0 Å². The number of pyridine rings is 1. The molecule has 0 unspecified atom stereocenters. The van der Waals surface area contributed by atoms with Crippen molar-refractivity contribution in [1.29, 1.82) is 0 Å². The minimum absolute atomic E-state index is 0.119. The average molecular weight is 418 g/mol. The summed E-state index contributed by atoms with van der Waals surface area (Å²) in [5.74, 6) is -1.43. The molecule has 3 aromatic rings. The smallest absolute Gasteiger partial charge is 0.313 e. The number of hydrogen-bond donors (Lipinski definition) is 3. The van der Waals surface area contributed by atoms with Gasteiger partial charge in [-0.15, -0.1) is 0 Å². The zero-order valence-electron chi connectivity index (χ0n) is 16.9. The second-order valence-corrected chi connectivity index (χ2v) is 6.50. The fourth-order valence-corrected chi connectivity index (χ4v) is 2.84. The van der Waals surface area contributed by atoms with E-state index in [1.54, 1.807) is 61.8 Å². The van der Waals surface area contributed by atoms with Gasteiger partial charge < -0.3 is 20.7 Å². The summed E-state index contributed by atoms with van der Waals surface area (Å²) in [7, 11) is 1.56. The van der Waals surface area contributed by atoms with Crippen molar-refractivity contribution >= 4 is 23.4 Å². The third-order valence-corrected chi connectivity index (χ3v) is 4.41. The average Bonchev–Trinajstić information content (AvgIpc) is 2.82. The lowest BCUT2D eigenvalue weighted by Crippen LogP contribution is -2.35. The van der Waals surface area contributed by atoms with Crippen LogP contribution in [0.5, 0.6) is 5.75 Å². The number of ether oxygens (including phenoxy) is 1. The van der Waals surface area contributed by atoms with Crippen LogP contribution in [-0.2, 0) is 22.7 Å². The van der Waals surface area contributed by atoms with Crippen LogP contribution in [0.25, 0.3) is 0 Å². The van der Waals surface area contributed by atoms with E-state index in [-0.39, 0.29) is 24.3 Å². The van der Waals surface area contributed by atoms with Crippen molar-refractivity contribution in [3.63, 3.8) is 0 Å². The molecule has 3 amide bonds. The Morgan fingerprint density at radius 3 is 2.35 bits per heavy atom. The van der Waals surface area contributed by atoms with Crippen molar-refractivity contribution in [2.45, 2.75) is 13.1 Å². The van der Waals surface area contributed by atoms with Gasteiger partial charge in [0.25, 0.3) is 5.91 Å². The number of methoxy groups -OCH3 is 1. The highest BCUT2D eigenvalue weighted by atomic mass is 16.5. The second-order valence-electron chi connectivity index (χ2n) is 6.50. The molecule has 3 N–H and O–H groups in total. The highest BCUT2D eigenvalue weighted by molar-refractivity contribution is 6.40. The van der Waals surface area contributed by atoms with Crippen LogP contribution in [-0.4, -0.2) is 29.8 Å². The zero-order valence-corrected chi connectivity index (χ0v) is 16.9. The van der Waals surface area contributed by atoms with E-state index in [2.05, 4.69) is 20.9 Å². The van der Waals surface area contributed by atoms with E-state index in [9.17, 15) is 14.4 Å². The lowest BCUT2D eigenvalue weighted by atomic mass is 10.1. The van der Waals surface area contributed by atoms with Gasteiger partial charge in [0.05, 0.1) is 30.6 Å². The molecule has 0 aliphatic rings. The predicted molar refractivity (Wildman–Crippen MR) is 115 cm³/mol. The first-order valence-electron chi connectivity index (χ1n) is 9.56. The number of para-hydroxylation sites is 2. The SMILES string of the molecule is COc1ccccc1CNC(=O)c1ccccc1NC(=O)C(=O)NCc1ccccn1. The molecule has 2 aromatic carbocycles. The number of aromatic nitrogens is 1. The van der Waals surface area contributed by atoms with Crippen molar-refractivity contribution in [1.82, 2.24) is 15.6 Å². The quantitative estimate of drug-likeness (QED) is 0.510. The van der Waals surface area contributed by atoms with E-state index in [0.29, 0.717) is 11.4 Å². The van der Waals surface area contributed by atoms with Gasteiger partial charge in [0, 0.05) is 18.3 Å². The molecule has 0 aliphatic heterocycles. The Balaban J connectivity index is 1.62. The van der Waals surface area contributed by atoms with Crippen molar-refractivity contribution in [3.05, 3.63) is 89.7 Å². The van der Waals surface area contributed by atoms with Crippen LogP contribution in [0, 0.1) is 0 Å². The molecule has 0 fully saturated rings. The minimum atomic E-state index is -0.874. The molecule has 0 atom stereocenters. The van der Waals surface area contributed by atoms with Crippen molar-refractivity contribution in [3.8, 4) is 5.75 Å². The molecule has 0 saturated carbocycles. The highest BCUT2D eigenvalue weighted by Crippen LogP contribution is 2.18. The van der Waals surface area contributed by atoms with Gasteiger partial charge in [-0.05, 0) is 30.3 Å². The summed E-state index contributed by atoms with van der Waals surface area (Å²) < 4.78 is 5.28. The summed E-state index contributed by atoms with van der Waals surface area (Å²) in [6, 6.07) is 19.1. The van der Waals surface area contributed by atoms with Gasteiger partial charge in [0.2, 0.25) is 0 Å². The summed E-state index contributed by atoms with van der Waals surface area (Å²) in [4.78, 5) is 41.2. The van der Waals surface area contributed by atoms with Gasteiger partial charge in [-0.3, -0.25) is 19.4 Å². The molecule has 3 rings (SSSR count). The molecule has 0 spiro atoms. The van der Waals surface area contributed by atoms with Crippen LogP contribution in [0.4, 0.5) is 5.69 Å². The Bertz CT molecular complexity index is 1070. The molecular weight excluding hydrogens is 396 g/mol. The van der Waals surface area contributed by atoms with Gasteiger partial charge in [0.15, 0.2) is 0 Å².